The minimum absolute atomic E-state index is 0.829. The van der Waals surface area contributed by atoms with Crippen LogP contribution in [0, 0.1) is 0 Å². The molecule has 0 aromatic carbocycles. The normalized spacial score (nSPS) is 14.0. The van der Waals surface area contributed by atoms with E-state index in [2.05, 4.69) is 10.2 Å². The zero-order valence-electron chi connectivity index (χ0n) is 3.38. The van der Waals surface area contributed by atoms with Gasteiger partial charge in [-0.2, -0.15) is 5.10 Å². The Kier molecular flexibility index (Phi) is 0.367. The highest BCUT2D eigenvalue weighted by Gasteiger charge is 2.31. The van der Waals surface area contributed by atoms with Gasteiger partial charge in [0.25, 0.3) is 5.12 Å². The number of hydrogen-bond acceptors (Lipinski definition) is 2. The summed E-state index contributed by atoms with van der Waals surface area (Å²) >= 11 is 0. The molecule has 0 radical (unpaired) electrons. The first-order chi connectivity index (χ1) is 3.39. The maximum Gasteiger partial charge on any atom is 0.448 e. The van der Waals surface area contributed by atoms with E-state index < -0.39 is 7.41 Å². The Bertz CT molecular complexity index is 276. The standard InChI is InChI=1S/C3H2N2OP/c6-7-2-1-4-5-3(2)7/h1H,(H,4,5,6)/q+1. The van der Waals surface area contributed by atoms with Crippen LogP contribution in [-0.2, 0) is 4.57 Å². The van der Waals surface area contributed by atoms with Crippen LogP contribution in [0.4, 0.5) is 0 Å². The van der Waals surface area contributed by atoms with Gasteiger partial charge in [-0.15, -0.1) is 0 Å². The van der Waals surface area contributed by atoms with E-state index in [9.17, 15) is 4.57 Å². The predicted molar refractivity (Wildman–Crippen MR) is 26.1 cm³/mol. The second kappa shape index (κ2) is 0.771. The highest BCUT2D eigenvalue weighted by molar-refractivity contribution is 7.58. The zero-order chi connectivity index (χ0) is 4.85. The fourth-order valence-electron chi connectivity index (χ4n) is 0.533. The van der Waals surface area contributed by atoms with Gasteiger partial charge in [0.1, 0.15) is 6.20 Å². The molecule has 7 heavy (non-hydrogen) atoms. The van der Waals surface area contributed by atoms with Crippen LogP contribution in [0.5, 0.6) is 0 Å². The van der Waals surface area contributed by atoms with Crippen molar-refractivity contribution in [1.82, 2.24) is 10.2 Å². The maximum absolute atomic E-state index is 10.4. The Morgan fingerprint density at radius 1 is 1.86 bits per heavy atom. The van der Waals surface area contributed by atoms with E-state index in [0.29, 0.717) is 0 Å². The number of aromatic nitrogens is 2. The van der Waals surface area contributed by atoms with Gasteiger partial charge in [-0.25, -0.2) is 5.10 Å². The van der Waals surface area contributed by atoms with Crippen molar-refractivity contribution in [3.05, 3.63) is 6.20 Å². The summed E-state index contributed by atoms with van der Waals surface area (Å²) < 4.78 is 10.4. The van der Waals surface area contributed by atoms with Gasteiger partial charge in [0.15, 0.2) is 0 Å². The van der Waals surface area contributed by atoms with E-state index in [1.165, 1.54) is 0 Å². The van der Waals surface area contributed by atoms with Crippen LogP contribution in [-0.4, -0.2) is 10.2 Å². The summed E-state index contributed by atoms with van der Waals surface area (Å²) in [5, 5.41) is 7.97. The van der Waals surface area contributed by atoms with Crippen molar-refractivity contribution in [3.8, 4) is 0 Å². The van der Waals surface area contributed by atoms with Gasteiger partial charge in [-0.3, -0.25) is 0 Å². The third kappa shape index (κ3) is 0.248. The third-order valence-electron chi connectivity index (χ3n) is 0.972. The fraction of sp³-hybridized carbons (Fsp3) is 0. The molecular formula is C3H2N2OP+. The fourth-order valence-corrected chi connectivity index (χ4v) is 1.40. The van der Waals surface area contributed by atoms with Crippen molar-refractivity contribution in [1.29, 1.82) is 0 Å². The molecule has 0 fully saturated rings. The van der Waals surface area contributed by atoms with E-state index in [0.717, 1.165) is 10.4 Å². The molecule has 0 amide bonds. The number of aromatic amines is 1. The Labute approximate surface area is 39.8 Å². The van der Waals surface area contributed by atoms with Gasteiger partial charge in [0.2, 0.25) is 0 Å². The van der Waals surface area contributed by atoms with Gasteiger partial charge in [-0.05, 0) is 0 Å². The van der Waals surface area contributed by atoms with E-state index >= 15 is 0 Å². The highest BCUT2D eigenvalue weighted by atomic mass is 31.1. The molecule has 0 spiro atoms. The molecule has 1 atom stereocenters. The lowest BCUT2D eigenvalue weighted by Crippen LogP contribution is -1.56. The summed E-state index contributed by atoms with van der Waals surface area (Å²) in [5.41, 5.74) is 0. The molecule has 0 aliphatic carbocycles. The van der Waals surface area contributed by atoms with Crippen molar-refractivity contribution in [2.24, 2.45) is 0 Å². The molecular weight excluding hydrogens is 111 g/mol. The molecule has 0 aliphatic heterocycles. The molecule has 2 rings (SSSR count). The first-order valence-electron chi connectivity index (χ1n) is 1.90. The number of H-pyrrole nitrogens is 1. The lowest BCUT2D eigenvalue weighted by Gasteiger charge is -1.49. The Hall–Kier alpha value is -0.690. The Balaban J connectivity index is 3.18. The Morgan fingerprint density at radius 3 is 3.00 bits per heavy atom. The zero-order valence-corrected chi connectivity index (χ0v) is 4.27. The second-order valence-electron chi connectivity index (χ2n) is 1.40. The van der Waals surface area contributed by atoms with Gasteiger partial charge in [-0.1, -0.05) is 4.57 Å². The molecule has 2 aromatic rings. The average Bonchev–Trinajstić information content (AvgIpc) is 2.26. The van der Waals surface area contributed by atoms with E-state index in [1.54, 1.807) is 6.20 Å². The average molecular weight is 113 g/mol. The molecule has 34 valence electrons. The number of rotatable bonds is 0. The van der Waals surface area contributed by atoms with Crippen molar-refractivity contribution in [3.63, 3.8) is 0 Å². The molecule has 1 N–H and O–H groups in total. The second-order valence-corrected chi connectivity index (χ2v) is 2.92. The number of nitrogens with zero attached hydrogens (tertiary/aromatic N) is 1. The van der Waals surface area contributed by atoms with E-state index in [-0.39, 0.29) is 0 Å². The predicted octanol–water partition coefficient (Wildman–Crippen LogP) is 1.18. The summed E-state index contributed by atoms with van der Waals surface area (Å²) in [6.07, 6.45) is 1.61. The quantitative estimate of drug-likeness (QED) is 0.557. The van der Waals surface area contributed by atoms with Crippen LogP contribution in [0.1, 0.15) is 0 Å². The number of fused-ring (bicyclic) bond motifs is 1. The smallest absolute Gasteiger partial charge is 0.234 e. The molecule has 3 nitrogen and oxygen atoms in total. The largest absolute Gasteiger partial charge is 0.448 e. The van der Waals surface area contributed by atoms with Gasteiger partial charge >= 0.3 is 12.7 Å². The van der Waals surface area contributed by atoms with Crippen molar-refractivity contribution in [2.75, 3.05) is 0 Å². The molecule has 0 bridgehead atoms. The van der Waals surface area contributed by atoms with Crippen LogP contribution in [0.15, 0.2) is 6.20 Å². The topological polar surface area (TPSA) is 45.8 Å². The van der Waals surface area contributed by atoms with Crippen LogP contribution in [0.3, 0.4) is 0 Å². The number of nitrogens with one attached hydrogen (secondary N) is 1. The highest BCUT2D eigenvalue weighted by Crippen LogP contribution is 2.42. The SMILES string of the molecule is O=[p+]1c2cn[nH]c21. The molecule has 2 aromatic heterocycles. The lowest BCUT2D eigenvalue weighted by atomic mass is 10.8. The summed E-state index contributed by atoms with van der Waals surface area (Å²) in [7, 11) is -1.09. The summed E-state index contributed by atoms with van der Waals surface area (Å²) in [5.74, 6) is 0. The molecule has 0 saturated heterocycles. The monoisotopic (exact) mass is 113 g/mol. The minimum Gasteiger partial charge on any atom is -0.234 e. The van der Waals surface area contributed by atoms with Gasteiger partial charge in [0, 0.05) is 0 Å². The first-order valence-corrected chi connectivity index (χ1v) is 3.16. The molecule has 4 heteroatoms. The van der Waals surface area contributed by atoms with Gasteiger partial charge in [0.05, 0.1) is 0 Å². The van der Waals surface area contributed by atoms with Crippen molar-refractivity contribution in [2.45, 2.75) is 0 Å². The Morgan fingerprint density at radius 2 is 2.71 bits per heavy atom. The van der Waals surface area contributed by atoms with Crippen molar-refractivity contribution < 1.29 is 4.57 Å². The maximum atomic E-state index is 10.4. The van der Waals surface area contributed by atoms with E-state index in [4.69, 9.17) is 0 Å². The lowest BCUT2D eigenvalue weighted by molar-refractivity contribution is 0.603. The summed E-state index contributed by atoms with van der Waals surface area (Å²) in [4.78, 5) is 0. The first kappa shape index (κ1) is 3.33. The summed E-state index contributed by atoms with van der Waals surface area (Å²) in [6.45, 7) is 0. The van der Waals surface area contributed by atoms with E-state index in [1.807, 2.05) is 0 Å². The van der Waals surface area contributed by atoms with Crippen LogP contribution < -0.4 is 0 Å². The van der Waals surface area contributed by atoms with Gasteiger partial charge < -0.3 is 0 Å². The minimum atomic E-state index is -1.09. The van der Waals surface area contributed by atoms with Crippen molar-refractivity contribution >= 4 is 17.8 Å². The van der Waals surface area contributed by atoms with Crippen LogP contribution in [0.2, 0.25) is 0 Å². The molecule has 1 unspecified atom stereocenters. The third-order valence-corrected chi connectivity index (χ3v) is 2.27. The van der Waals surface area contributed by atoms with Crippen LogP contribution in [0.25, 0.3) is 10.4 Å². The van der Waals surface area contributed by atoms with Crippen LogP contribution >= 0.6 is 7.41 Å². The molecule has 2 heterocycles. The molecule has 0 aliphatic rings. The number of hydrogen-bond donors (Lipinski definition) is 1. The molecule has 0 saturated carbocycles. The summed E-state index contributed by atoms with van der Waals surface area (Å²) in [6, 6.07) is 0.